The van der Waals surface area contributed by atoms with Gasteiger partial charge in [-0.3, -0.25) is 10.1 Å². The molecule has 0 bridgehead atoms. The fourth-order valence-corrected chi connectivity index (χ4v) is 4.01. The zero-order valence-corrected chi connectivity index (χ0v) is 18.2. The van der Waals surface area contributed by atoms with Crippen LogP contribution < -0.4 is 10.3 Å². The largest absolute Gasteiger partial charge is 0.407 e. The third-order valence-corrected chi connectivity index (χ3v) is 5.53. The number of aromatic nitrogens is 3. The van der Waals surface area contributed by atoms with Crippen molar-refractivity contribution in [2.75, 3.05) is 0 Å². The molecule has 0 fully saturated rings. The van der Waals surface area contributed by atoms with E-state index in [9.17, 15) is 0 Å². The Hall–Kier alpha value is -3.18. The van der Waals surface area contributed by atoms with Gasteiger partial charge in [-0.05, 0) is 81.5 Å². The van der Waals surface area contributed by atoms with Gasteiger partial charge in [0.05, 0.1) is 17.4 Å². The van der Waals surface area contributed by atoms with Crippen molar-refractivity contribution in [2.45, 2.75) is 47.1 Å². The first-order valence-electron chi connectivity index (χ1n) is 10.3. The summed E-state index contributed by atoms with van der Waals surface area (Å²) >= 11 is 0. The fourth-order valence-electron chi connectivity index (χ4n) is 4.01. The Morgan fingerprint density at radius 2 is 1.73 bits per heavy atom. The van der Waals surface area contributed by atoms with Crippen molar-refractivity contribution in [3.63, 3.8) is 0 Å². The monoisotopic (exact) mass is 400 g/mol. The number of hydroxylamine groups is 1. The van der Waals surface area contributed by atoms with Crippen molar-refractivity contribution in [3.8, 4) is 16.9 Å². The normalized spacial score (nSPS) is 12.3. The number of pyridine rings is 1. The minimum absolute atomic E-state index is 0.165. The zero-order valence-electron chi connectivity index (χ0n) is 18.2. The van der Waals surface area contributed by atoms with Gasteiger partial charge >= 0.3 is 0 Å². The summed E-state index contributed by atoms with van der Waals surface area (Å²) in [4.78, 5) is 10.2. The Balaban J connectivity index is 1.46. The topological polar surface area (TPSA) is 62.8 Å². The van der Waals surface area contributed by atoms with Crippen LogP contribution in [0.15, 0.2) is 48.8 Å². The lowest BCUT2D eigenvalue weighted by molar-refractivity contribution is 0.160. The van der Waals surface area contributed by atoms with Crippen LogP contribution in [0.5, 0.6) is 5.75 Å². The van der Waals surface area contributed by atoms with Gasteiger partial charge in [-0.25, -0.2) is 0 Å². The van der Waals surface area contributed by atoms with Gasteiger partial charge in [0, 0.05) is 23.2 Å². The van der Waals surface area contributed by atoms with E-state index in [4.69, 9.17) is 4.84 Å². The molecule has 5 heteroatoms. The number of aryl methyl sites for hydroxylation is 4. The molecule has 4 rings (SSSR count). The first-order chi connectivity index (χ1) is 14.4. The summed E-state index contributed by atoms with van der Waals surface area (Å²) in [5.41, 5.74) is 12.6. The van der Waals surface area contributed by atoms with Crippen LogP contribution in [0.2, 0.25) is 0 Å². The van der Waals surface area contributed by atoms with Gasteiger partial charge < -0.3 is 4.84 Å². The van der Waals surface area contributed by atoms with E-state index in [0.29, 0.717) is 5.75 Å². The van der Waals surface area contributed by atoms with Gasteiger partial charge in [0.15, 0.2) is 5.75 Å². The quantitative estimate of drug-likeness (QED) is 0.427. The molecule has 1 unspecified atom stereocenters. The van der Waals surface area contributed by atoms with Crippen molar-refractivity contribution in [2.24, 2.45) is 0 Å². The van der Waals surface area contributed by atoms with Crippen LogP contribution in [0.25, 0.3) is 22.0 Å². The summed E-state index contributed by atoms with van der Waals surface area (Å²) in [6.07, 6.45) is 4.49. The molecule has 0 saturated carbocycles. The molecular weight excluding hydrogens is 372 g/mol. The van der Waals surface area contributed by atoms with Crippen molar-refractivity contribution in [3.05, 3.63) is 76.7 Å². The molecule has 0 saturated heterocycles. The molecule has 154 valence electrons. The van der Waals surface area contributed by atoms with Crippen molar-refractivity contribution in [1.29, 1.82) is 0 Å². The summed E-state index contributed by atoms with van der Waals surface area (Å²) in [6.45, 7) is 10.6. The average Bonchev–Trinajstić information content (AvgIpc) is 3.09. The van der Waals surface area contributed by atoms with Gasteiger partial charge in [0.2, 0.25) is 0 Å². The second kappa shape index (κ2) is 8.28. The standard InChI is InChI=1S/C25H28N4O/c1-15-8-16(2)23(17(3)9-15)10-18(4)29-30-22-11-21(13-26-14-22)20-6-7-25-24(12-20)19(5)27-28-25/h6-9,11-14,18,29H,10H2,1-5H3,(H,27,28). The lowest BCUT2D eigenvalue weighted by Crippen LogP contribution is -2.31. The number of nitrogens with zero attached hydrogens (tertiary/aromatic N) is 2. The molecule has 0 amide bonds. The number of benzene rings is 2. The Bertz CT molecular complexity index is 1170. The van der Waals surface area contributed by atoms with Crippen molar-refractivity contribution < 1.29 is 4.84 Å². The number of rotatable bonds is 6. The number of fused-ring (bicyclic) bond motifs is 1. The Labute approximate surface area is 177 Å². The van der Waals surface area contributed by atoms with Crippen LogP contribution in [0, 0.1) is 27.7 Å². The van der Waals surface area contributed by atoms with Crippen LogP contribution in [-0.4, -0.2) is 21.2 Å². The molecule has 0 spiro atoms. The van der Waals surface area contributed by atoms with E-state index >= 15 is 0 Å². The van der Waals surface area contributed by atoms with E-state index in [1.54, 1.807) is 6.20 Å². The van der Waals surface area contributed by atoms with E-state index in [0.717, 1.165) is 34.1 Å². The summed E-state index contributed by atoms with van der Waals surface area (Å²) in [5.74, 6) is 0.695. The number of hydrogen-bond donors (Lipinski definition) is 2. The lowest BCUT2D eigenvalue weighted by Gasteiger charge is -2.18. The zero-order chi connectivity index (χ0) is 21.3. The fraction of sp³-hybridized carbons (Fsp3) is 0.280. The van der Waals surface area contributed by atoms with Crippen LogP contribution in [0.4, 0.5) is 0 Å². The SMILES string of the molecule is Cc1cc(C)c(CC(C)NOc2cncc(-c3ccc4[nH]nc(C)c4c3)c2)c(C)c1. The maximum absolute atomic E-state index is 5.87. The molecule has 5 nitrogen and oxygen atoms in total. The molecule has 2 N–H and O–H groups in total. The first kappa shape index (κ1) is 20.1. The van der Waals surface area contributed by atoms with Crippen LogP contribution in [0.3, 0.4) is 0 Å². The van der Waals surface area contributed by atoms with E-state index in [2.05, 4.69) is 72.6 Å². The smallest absolute Gasteiger partial charge is 0.166 e. The molecule has 4 aromatic rings. The summed E-state index contributed by atoms with van der Waals surface area (Å²) in [7, 11) is 0. The number of hydrogen-bond acceptors (Lipinski definition) is 4. The predicted molar refractivity (Wildman–Crippen MR) is 122 cm³/mol. The van der Waals surface area contributed by atoms with E-state index in [1.807, 2.05) is 25.3 Å². The highest BCUT2D eigenvalue weighted by molar-refractivity contribution is 5.86. The highest BCUT2D eigenvalue weighted by atomic mass is 16.6. The van der Waals surface area contributed by atoms with Crippen LogP contribution >= 0.6 is 0 Å². The number of H-pyrrole nitrogens is 1. The second-order valence-electron chi connectivity index (χ2n) is 8.18. The highest BCUT2D eigenvalue weighted by Crippen LogP contribution is 2.27. The van der Waals surface area contributed by atoms with E-state index in [-0.39, 0.29) is 6.04 Å². The summed E-state index contributed by atoms with van der Waals surface area (Å²) in [6, 6.07) is 12.9. The Morgan fingerprint density at radius 1 is 0.967 bits per heavy atom. The highest BCUT2D eigenvalue weighted by Gasteiger charge is 2.11. The first-order valence-corrected chi connectivity index (χ1v) is 10.3. The molecule has 2 aromatic heterocycles. The maximum atomic E-state index is 5.87. The molecule has 2 heterocycles. The maximum Gasteiger partial charge on any atom is 0.166 e. The van der Waals surface area contributed by atoms with Crippen molar-refractivity contribution >= 4 is 10.9 Å². The van der Waals surface area contributed by atoms with Gasteiger partial charge in [-0.15, -0.1) is 0 Å². The number of aromatic amines is 1. The molecule has 0 aliphatic heterocycles. The van der Waals surface area contributed by atoms with E-state index in [1.165, 1.54) is 22.3 Å². The molecule has 0 aliphatic rings. The molecule has 1 atom stereocenters. The average molecular weight is 401 g/mol. The molecule has 30 heavy (non-hydrogen) atoms. The summed E-state index contributed by atoms with van der Waals surface area (Å²) < 4.78 is 0. The predicted octanol–water partition coefficient (Wildman–Crippen LogP) is 5.37. The van der Waals surface area contributed by atoms with Crippen LogP contribution in [0.1, 0.15) is 34.9 Å². The van der Waals surface area contributed by atoms with Gasteiger partial charge in [0.25, 0.3) is 0 Å². The minimum atomic E-state index is 0.165. The molecule has 0 aliphatic carbocycles. The van der Waals surface area contributed by atoms with Crippen LogP contribution in [-0.2, 0) is 6.42 Å². The van der Waals surface area contributed by atoms with Gasteiger partial charge in [-0.2, -0.15) is 10.6 Å². The molecule has 0 radical (unpaired) electrons. The second-order valence-corrected chi connectivity index (χ2v) is 8.18. The molecule has 2 aromatic carbocycles. The van der Waals surface area contributed by atoms with E-state index < -0.39 is 0 Å². The van der Waals surface area contributed by atoms with Gasteiger partial charge in [-0.1, -0.05) is 23.8 Å². The minimum Gasteiger partial charge on any atom is -0.407 e. The lowest BCUT2D eigenvalue weighted by atomic mass is 9.95. The van der Waals surface area contributed by atoms with Gasteiger partial charge in [0.1, 0.15) is 0 Å². The third-order valence-electron chi connectivity index (χ3n) is 5.53. The van der Waals surface area contributed by atoms with Crippen molar-refractivity contribution in [1.82, 2.24) is 20.7 Å². The Morgan fingerprint density at radius 3 is 2.50 bits per heavy atom. The molecular formula is C25H28N4O. The third kappa shape index (κ3) is 4.21. The number of nitrogens with one attached hydrogen (secondary N) is 2. The summed E-state index contributed by atoms with van der Waals surface area (Å²) in [5, 5.41) is 8.43. The Kier molecular flexibility index (Phi) is 5.55.